The second-order valence-electron chi connectivity index (χ2n) is 7.29. The summed E-state index contributed by atoms with van der Waals surface area (Å²) >= 11 is 0. The van der Waals surface area contributed by atoms with E-state index in [9.17, 15) is 22.4 Å². The Morgan fingerprint density at radius 2 is 1.93 bits per heavy atom. The molecule has 1 aromatic carbocycles. The summed E-state index contributed by atoms with van der Waals surface area (Å²) in [5, 5.41) is 10.1. The van der Waals surface area contributed by atoms with Gasteiger partial charge in [-0.1, -0.05) is 6.07 Å². The third kappa shape index (κ3) is 5.67. The molecule has 0 radical (unpaired) electrons. The highest BCUT2D eigenvalue weighted by Gasteiger charge is 2.42. The fraction of sp³-hybridized carbons (Fsp3) is 0.579. The highest BCUT2D eigenvalue weighted by molar-refractivity contribution is 5.84. The van der Waals surface area contributed by atoms with Gasteiger partial charge < -0.3 is 10.4 Å². The number of aliphatic carboxylic acids is 1. The molecule has 2 N–H and O–H groups in total. The Balaban J connectivity index is 0.000000345. The molecule has 2 aliphatic rings. The van der Waals surface area contributed by atoms with Crippen LogP contribution in [0.4, 0.5) is 17.6 Å². The molecular formula is C19H24F4N2O3. The predicted octanol–water partition coefficient (Wildman–Crippen LogP) is 3.26. The van der Waals surface area contributed by atoms with Gasteiger partial charge in [0, 0.05) is 13.1 Å². The third-order valence-electron chi connectivity index (χ3n) is 5.35. The Hall–Kier alpha value is -2.16. The zero-order chi connectivity index (χ0) is 20.9. The van der Waals surface area contributed by atoms with Gasteiger partial charge in [0.05, 0.1) is 5.41 Å². The average molecular weight is 404 g/mol. The van der Waals surface area contributed by atoms with E-state index in [1.807, 2.05) is 13.0 Å². The molecule has 2 saturated heterocycles. The topological polar surface area (TPSA) is 69.6 Å². The second kappa shape index (κ2) is 8.89. The lowest BCUT2D eigenvalue weighted by molar-refractivity contribution is -0.192. The van der Waals surface area contributed by atoms with Crippen molar-refractivity contribution < 1.29 is 32.3 Å². The van der Waals surface area contributed by atoms with Crippen molar-refractivity contribution >= 4 is 11.9 Å². The maximum Gasteiger partial charge on any atom is 0.490 e. The second-order valence-corrected chi connectivity index (χ2v) is 7.29. The molecule has 28 heavy (non-hydrogen) atoms. The number of amides is 1. The minimum absolute atomic E-state index is 0.133. The van der Waals surface area contributed by atoms with E-state index < -0.39 is 12.1 Å². The molecule has 2 aliphatic heterocycles. The number of carboxylic acids is 1. The summed E-state index contributed by atoms with van der Waals surface area (Å²) in [5.74, 6) is -2.68. The van der Waals surface area contributed by atoms with Crippen LogP contribution in [-0.4, -0.2) is 47.7 Å². The number of nitrogens with one attached hydrogen (secondary N) is 1. The molecule has 5 nitrogen and oxygen atoms in total. The first-order valence-corrected chi connectivity index (χ1v) is 9.09. The standard InChI is InChI=1S/C17H23FN2O.C2HF3O2/c1-13-3-4-15(18)11-14(13)12-20-9-2-5-17(7-10-20)6-8-19-16(17)21;3-2(4,5)1(6)7/h3-4,11H,2,5-10,12H2,1H3,(H,19,21);(H,6,7). The SMILES string of the molecule is Cc1ccc(F)cc1CN1CCCC2(CCNC2=O)CC1.O=C(O)C(F)(F)F. The quantitative estimate of drug-likeness (QED) is 0.743. The van der Waals surface area contributed by atoms with Crippen molar-refractivity contribution in [1.82, 2.24) is 10.2 Å². The Kier molecular flexibility index (Phi) is 7.03. The number of carboxylic acid groups (broad SMARTS) is 1. The number of hydrogen-bond acceptors (Lipinski definition) is 3. The van der Waals surface area contributed by atoms with Gasteiger partial charge in [0.15, 0.2) is 0 Å². The van der Waals surface area contributed by atoms with E-state index in [0.717, 1.165) is 63.0 Å². The van der Waals surface area contributed by atoms with Crippen molar-refractivity contribution in [2.75, 3.05) is 19.6 Å². The van der Waals surface area contributed by atoms with Crippen LogP contribution in [0.3, 0.4) is 0 Å². The Bertz CT molecular complexity index is 724. The number of alkyl halides is 3. The van der Waals surface area contributed by atoms with E-state index in [2.05, 4.69) is 10.2 Å². The molecule has 0 aliphatic carbocycles. The molecule has 9 heteroatoms. The molecule has 0 aromatic heterocycles. The zero-order valence-electron chi connectivity index (χ0n) is 15.6. The highest BCUT2D eigenvalue weighted by Crippen LogP contribution is 2.38. The van der Waals surface area contributed by atoms with Crippen molar-refractivity contribution in [3.8, 4) is 0 Å². The monoisotopic (exact) mass is 404 g/mol. The number of aryl methyl sites for hydroxylation is 1. The lowest BCUT2D eigenvalue weighted by atomic mass is 9.79. The molecule has 1 aromatic rings. The fourth-order valence-electron chi connectivity index (χ4n) is 3.65. The Morgan fingerprint density at radius 1 is 1.25 bits per heavy atom. The molecular weight excluding hydrogens is 380 g/mol. The summed E-state index contributed by atoms with van der Waals surface area (Å²) in [6, 6.07) is 4.99. The highest BCUT2D eigenvalue weighted by atomic mass is 19.4. The minimum atomic E-state index is -5.08. The Labute approximate surface area is 160 Å². The third-order valence-corrected chi connectivity index (χ3v) is 5.35. The number of likely N-dealkylation sites (tertiary alicyclic amines) is 1. The smallest absolute Gasteiger partial charge is 0.475 e. The van der Waals surface area contributed by atoms with Crippen LogP contribution in [0.25, 0.3) is 0 Å². The van der Waals surface area contributed by atoms with Gasteiger partial charge in [0.1, 0.15) is 5.82 Å². The lowest BCUT2D eigenvalue weighted by Gasteiger charge is -2.25. The van der Waals surface area contributed by atoms with E-state index in [0.29, 0.717) is 0 Å². The van der Waals surface area contributed by atoms with E-state index in [1.54, 1.807) is 6.07 Å². The summed E-state index contributed by atoms with van der Waals surface area (Å²) in [7, 11) is 0. The number of carbonyl (C=O) groups is 2. The molecule has 2 heterocycles. The molecule has 1 atom stereocenters. The number of carbonyl (C=O) groups excluding carboxylic acids is 1. The van der Waals surface area contributed by atoms with Gasteiger partial charge in [-0.2, -0.15) is 13.2 Å². The molecule has 0 bridgehead atoms. The molecule has 2 fully saturated rings. The maximum absolute atomic E-state index is 13.4. The van der Waals surface area contributed by atoms with E-state index >= 15 is 0 Å². The first kappa shape index (κ1) is 22.1. The van der Waals surface area contributed by atoms with Gasteiger partial charge in [-0.05, 0) is 69.0 Å². The van der Waals surface area contributed by atoms with Gasteiger partial charge in [-0.25, -0.2) is 9.18 Å². The van der Waals surface area contributed by atoms with E-state index in [4.69, 9.17) is 9.90 Å². The summed E-state index contributed by atoms with van der Waals surface area (Å²) < 4.78 is 45.1. The number of halogens is 4. The molecule has 1 spiro atoms. The van der Waals surface area contributed by atoms with Crippen molar-refractivity contribution in [2.45, 2.75) is 45.3 Å². The summed E-state index contributed by atoms with van der Waals surface area (Å²) in [6.07, 6.45) is -1.16. The molecule has 3 rings (SSSR count). The number of hydrogen-bond donors (Lipinski definition) is 2. The van der Waals surface area contributed by atoms with Crippen LogP contribution < -0.4 is 5.32 Å². The van der Waals surface area contributed by atoms with Crippen LogP contribution in [0, 0.1) is 18.2 Å². The minimum Gasteiger partial charge on any atom is -0.475 e. The number of benzene rings is 1. The largest absolute Gasteiger partial charge is 0.490 e. The summed E-state index contributed by atoms with van der Waals surface area (Å²) in [4.78, 5) is 23.3. The molecule has 0 saturated carbocycles. The van der Waals surface area contributed by atoms with Gasteiger partial charge in [-0.15, -0.1) is 0 Å². The van der Waals surface area contributed by atoms with E-state index in [1.165, 1.54) is 6.07 Å². The lowest BCUT2D eigenvalue weighted by Crippen LogP contribution is -2.32. The van der Waals surface area contributed by atoms with Crippen molar-refractivity contribution in [3.05, 3.63) is 35.1 Å². The summed E-state index contributed by atoms with van der Waals surface area (Å²) in [6.45, 7) is 5.54. The van der Waals surface area contributed by atoms with Crippen LogP contribution in [0.2, 0.25) is 0 Å². The number of nitrogens with zero attached hydrogens (tertiary/aromatic N) is 1. The van der Waals surface area contributed by atoms with Gasteiger partial charge in [0.2, 0.25) is 5.91 Å². The van der Waals surface area contributed by atoms with Crippen LogP contribution in [-0.2, 0) is 16.1 Å². The van der Waals surface area contributed by atoms with Crippen LogP contribution in [0.5, 0.6) is 0 Å². The number of rotatable bonds is 2. The molecule has 1 amide bonds. The van der Waals surface area contributed by atoms with Crippen LogP contribution in [0.15, 0.2) is 18.2 Å². The average Bonchev–Trinajstić information content (AvgIpc) is 2.83. The van der Waals surface area contributed by atoms with Crippen LogP contribution >= 0.6 is 0 Å². The first-order chi connectivity index (χ1) is 13.0. The van der Waals surface area contributed by atoms with Gasteiger partial charge >= 0.3 is 12.1 Å². The summed E-state index contributed by atoms with van der Waals surface area (Å²) in [5.41, 5.74) is 2.06. The zero-order valence-corrected chi connectivity index (χ0v) is 15.6. The van der Waals surface area contributed by atoms with Gasteiger partial charge in [-0.3, -0.25) is 9.69 Å². The van der Waals surface area contributed by atoms with Crippen molar-refractivity contribution in [2.24, 2.45) is 5.41 Å². The maximum atomic E-state index is 13.4. The molecule has 156 valence electrons. The van der Waals surface area contributed by atoms with Gasteiger partial charge in [0.25, 0.3) is 0 Å². The normalized spacial score (nSPS) is 23.0. The van der Waals surface area contributed by atoms with Crippen molar-refractivity contribution in [1.29, 1.82) is 0 Å². The van der Waals surface area contributed by atoms with Crippen molar-refractivity contribution in [3.63, 3.8) is 0 Å². The Morgan fingerprint density at radius 3 is 2.50 bits per heavy atom. The van der Waals surface area contributed by atoms with Crippen LogP contribution in [0.1, 0.15) is 36.8 Å². The molecule has 1 unspecified atom stereocenters. The first-order valence-electron chi connectivity index (χ1n) is 9.09. The predicted molar refractivity (Wildman–Crippen MR) is 94.0 cm³/mol. The fourth-order valence-corrected chi connectivity index (χ4v) is 3.65. The van der Waals surface area contributed by atoms with E-state index in [-0.39, 0.29) is 17.1 Å².